The molecule has 13 heavy (non-hydrogen) atoms. The number of allylic oxidation sites excluding steroid dienone is 2. The molecule has 1 atom stereocenters. The zero-order valence-electron chi connectivity index (χ0n) is 8.75. The predicted octanol–water partition coefficient (Wildman–Crippen LogP) is 3.35. The molecule has 0 aromatic carbocycles. The molecule has 1 rings (SSSR count). The molecule has 0 bridgehead atoms. The first kappa shape index (κ1) is 10.5. The average molecular weight is 180 g/mol. The largest absolute Gasteiger partial charge is 0.303 e. The van der Waals surface area contributed by atoms with Crippen molar-refractivity contribution < 1.29 is 4.79 Å². The minimum atomic E-state index is 0.707. The van der Waals surface area contributed by atoms with Crippen LogP contribution in [0.15, 0.2) is 11.6 Å². The standard InChI is InChI=1S/C12H20O/c1-10(2)12-7-5-11(6-8-12)4-3-9-13/h5,9-10,12H,3-4,6-8H2,1-2H3/t12-/m1/s1. The monoisotopic (exact) mass is 180 g/mol. The SMILES string of the molecule is CC(C)[C@@H]1CC=C(CCC=O)CC1. The highest BCUT2D eigenvalue weighted by atomic mass is 16.1. The van der Waals surface area contributed by atoms with Crippen molar-refractivity contribution in [2.45, 2.75) is 46.0 Å². The van der Waals surface area contributed by atoms with Gasteiger partial charge < -0.3 is 4.79 Å². The van der Waals surface area contributed by atoms with Gasteiger partial charge in [-0.1, -0.05) is 25.5 Å². The molecule has 0 spiro atoms. The molecular weight excluding hydrogens is 160 g/mol. The summed E-state index contributed by atoms with van der Waals surface area (Å²) in [7, 11) is 0. The van der Waals surface area contributed by atoms with E-state index in [0.29, 0.717) is 6.42 Å². The summed E-state index contributed by atoms with van der Waals surface area (Å²) in [5.74, 6) is 1.68. The summed E-state index contributed by atoms with van der Waals surface area (Å²) in [5.41, 5.74) is 1.50. The third-order valence-electron chi connectivity index (χ3n) is 3.07. The lowest BCUT2D eigenvalue weighted by atomic mass is 9.81. The molecule has 1 aliphatic rings. The van der Waals surface area contributed by atoms with Crippen LogP contribution >= 0.6 is 0 Å². The van der Waals surface area contributed by atoms with E-state index in [1.165, 1.54) is 24.8 Å². The fourth-order valence-corrected chi connectivity index (χ4v) is 1.99. The summed E-state index contributed by atoms with van der Waals surface area (Å²) >= 11 is 0. The predicted molar refractivity (Wildman–Crippen MR) is 55.6 cm³/mol. The molecule has 0 fully saturated rings. The van der Waals surface area contributed by atoms with Crippen molar-refractivity contribution in [2.24, 2.45) is 11.8 Å². The first-order valence-electron chi connectivity index (χ1n) is 5.35. The van der Waals surface area contributed by atoms with Crippen LogP contribution in [0.5, 0.6) is 0 Å². The molecule has 0 N–H and O–H groups in total. The van der Waals surface area contributed by atoms with E-state index >= 15 is 0 Å². The van der Waals surface area contributed by atoms with Gasteiger partial charge in [0.25, 0.3) is 0 Å². The Labute approximate surface area is 81.2 Å². The fourth-order valence-electron chi connectivity index (χ4n) is 1.99. The van der Waals surface area contributed by atoms with Crippen LogP contribution in [0.25, 0.3) is 0 Å². The van der Waals surface area contributed by atoms with E-state index < -0.39 is 0 Å². The van der Waals surface area contributed by atoms with Gasteiger partial charge in [-0.2, -0.15) is 0 Å². The molecule has 74 valence electrons. The van der Waals surface area contributed by atoms with Gasteiger partial charge >= 0.3 is 0 Å². The van der Waals surface area contributed by atoms with Crippen molar-refractivity contribution in [3.8, 4) is 0 Å². The van der Waals surface area contributed by atoms with Crippen LogP contribution in [0.1, 0.15) is 46.0 Å². The van der Waals surface area contributed by atoms with Crippen molar-refractivity contribution in [3.63, 3.8) is 0 Å². The summed E-state index contributed by atoms with van der Waals surface area (Å²) < 4.78 is 0. The Bertz CT molecular complexity index is 191. The number of hydrogen-bond donors (Lipinski definition) is 0. The van der Waals surface area contributed by atoms with Crippen LogP contribution in [-0.2, 0) is 4.79 Å². The fraction of sp³-hybridized carbons (Fsp3) is 0.750. The van der Waals surface area contributed by atoms with Gasteiger partial charge in [0.15, 0.2) is 0 Å². The summed E-state index contributed by atoms with van der Waals surface area (Å²) in [4.78, 5) is 10.2. The zero-order chi connectivity index (χ0) is 9.68. The van der Waals surface area contributed by atoms with Crippen LogP contribution in [0.2, 0.25) is 0 Å². The van der Waals surface area contributed by atoms with Gasteiger partial charge in [0.1, 0.15) is 6.29 Å². The van der Waals surface area contributed by atoms with Gasteiger partial charge in [0.2, 0.25) is 0 Å². The smallest absolute Gasteiger partial charge is 0.120 e. The number of carbonyl (C=O) groups excluding carboxylic acids is 1. The Morgan fingerprint density at radius 3 is 2.85 bits per heavy atom. The van der Waals surface area contributed by atoms with Gasteiger partial charge in [0.05, 0.1) is 0 Å². The number of carbonyl (C=O) groups is 1. The van der Waals surface area contributed by atoms with Gasteiger partial charge in [-0.25, -0.2) is 0 Å². The summed E-state index contributed by atoms with van der Waals surface area (Å²) in [5, 5.41) is 0. The normalized spacial score (nSPS) is 23.0. The summed E-state index contributed by atoms with van der Waals surface area (Å²) in [6.07, 6.45) is 8.85. The Hall–Kier alpha value is -0.590. The lowest BCUT2D eigenvalue weighted by Gasteiger charge is -2.24. The molecule has 0 aliphatic heterocycles. The Morgan fingerprint density at radius 2 is 2.38 bits per heavy atom. The Kier molecular flexibility index (Phi) is 4.20. The van der Waals surface area contributed by atoms with Crippen molar-refractivity contribution in [1.29, 1.82) is 0 Å². The van der Waals surface area contributed by atoms with Crippen molar-refractivity contribution in [3.05, 3.63) is 11.6 Å². The second-order valence-corrected chi connectivity index (χ2v) is 4.35. The molecule has 0 aromatic rings. The molecule has 0 aromatic heterocycles. The zero-order valence-corrected chi connectivity index (χ0v) is 8.75. The van der Waals surface area contributed by atoms with E-state index in [-0.39, 0.29) is 0 Å². The van der Waals surface area contributed by atoms with Crippen LogP contribution in [0.3, 0.4) is 0 Å². The first-order chi connectivity index (χ1) is 6.24. The van der Waals surface area contributed by atoms with Crippen molar-refractivity contribution >= 4 is 6.29 Å². The lowest BCUT2D eigenvalue weighted by Crippen LogP contribution is -2.11. The van der Waals surface area contributed by atoms with E-state index in [4.69, 9.17) is 0 Å². The van der Waals surface area contributed by atoms with E-state index in [0.717, 1.165) is 24.5 Å². The van der Waals surface area contributed by atoms with Crippen LogP contribution in [-0.4, -0.2) is 6.29 Å². The van der Waals surface area contributed by atoms with Crippen molar-refractivity contribution in [1.82, 2.24) is 0 Å². The molecule has 0 unspecified atom stereocenters. The number of aldehydes is 1. The van der Waals surface area contributed by atoms with Gasteiger partial charge in [-0.05, 0) is 37.5 Å². The van der Waals surface area contributed by atoms with Crippen molar-refractivity contribution in [2.75, 3.05) is 0 Å². The molecule has 1 heteroatoms. The van der Waals surface area contributed by atoms with Crippen LogP contribution in [0, 0.1) is 11.8 Å². The Morgan fingerprint density at radius 1 is 1.62 bits per heavy atom. The van der Waals surface area contributed by atoms with E-state index in [1.807, 2.05) is 0 Å². The van der Waals surface area contributed by atoms with E-state index in [1.54, 1.807) is 0 Å². The third-order valence-corrected chi connectivity index (χ3v) is 3.07. The highest BCUT2D eigenvalue weighted by molar-refractivity contribution is 5.49. The minimum absolute atomic E-state index is 0.707. The lowest BCUT2D eigenvalue weighted by molar-refractivity contribution is -0.107. The first-order valence-corrected chi connectivity index (χ1v) is 5.35. The average Bonchev–Trinajstić information content (AvgIpc) is 2.15. The van der Waals surface area contributed by atoms with Crippen LogP contribution < -0.4 is 0 Å². The molecule has 0 heterocycles. The maximum atomic E-state index is 10.2. The molecule has 1 aliphatic carbocycles. The quantitative estimate of drug-likeness (QED) is 0.479. The van der Waals surface area contributed by atoms with Gasteiger partial charge in [-0.3, -0.25) is 0 Å². The summed E-state index contributed by atoms with van der Waals surface area (Å²) in [6.45, 7) is 4.60. The summed E-state index contributed by atoms with van der Waals surface area (Å²) in [6, 6.07) is 0. The Balaban J connectivity index is 2.34. The maximum absolute atomic E-state index is 10.2. The topological polar surface area (TPSA) is 17.1 Å². The van der Waals surface area contributed by atoms with E-state index in [2.05, 4.69) is 19.9 Å². The minimum Gasteiger partial charge on any atom is -0.303 e. The molecule has 1 nitrogen and oxygen atoms in total. The molecular formula is C12H20O. The molecule has 0 amide bonds. The second kappa shape index (κ2) is 5.21. The van der Waals surface area contributed by atoms with E-state index in [9.17, 15) is 4.79 Å². The second-order valence-electron chi connectivity index (χ2n) is 4.35. The van der Waals surface area contributed by atoms with Crippen LogP contribution in [0.4, 0.5) is 0 Å². The highest BCUT2D eigenvalue weighted by Gasteiger charge is 2.16. The number of rotatable bonds is 4. The molecule has 0 saturated heterocycles. The van der Waals surface area contributed by atoms with Gasteiger partial charge in [0, 0.05) is 6.42 Å². The molecule has 0 saturated carbocycles. The highest BCUT2D eigenvalue weighted by Crippen LogP contribution is 2.30. The number of hydrogen-bond acceptors (Lipinski definition) is 1. The third kappa shape index (κ3) is 3.33. The van der Waals surface area contributed by atoms with Gasteiger partial charge in [-0.15, -0.1) is 0 Å². The maximum Gasteiger partial charge on any atom is 0.120 e. The molecule has 0 radical (unpaired) electrons.